The summed E-state index contributed by atoms with van der Waals surface area (Å²) in [6, 6.07) is 0. The monoisotopic (exact) mass is 187 g/mol. The smallest absolute Gasteiger partial charge is 0.209 e. The summed E-state index contributed by atoms with van der Waals surface area (Å²) in [4.78, 5) is 11.9. The summed E-state index contributed by atoms with van der Waals surface area (Å²) in [5, 5.41) is 0. The van der Waals surface area contributed by atoms with E-state index in [4.69, 9.17) is 4.74 Å². The van der Waals surface area contributed by atoms with Crippen molar-refractivity contribution in [3.05, 3.63) is 0 Å². The first-order valence-corrected chi connectivity index (χ1v) is 5.03. The van der Waals surface area contributed by atoms with E-state index in [2.05, 4.69) is 6.92 Å². The number of nitrogens with zero attached hydrogens (tertiary/aromatic N) is 1. The molecule has 78 valence electrons. The Labute approximate surface area is 81.1 Å². The molecule has 0 atom stereocenters. The quantitative estimate of drug-likeness (QED) is 0.629. The summed E-state index contributed by atoms with van der Waals surface area (Å²) in [6.45, 7) is 4.93. The Morgan fingerprint density at radius 3 is 2.15 bits per heavy atom. The first-order chi connectivity index (χ1) is 6.35. The zero-order valence-electron chi connectivity index (χ0n) is 8.79. The van der Waals surface area contributed by atoms with E-state index in [0.29, 0.717) is 0 Å². The van der Waals surface area contributed by atoms with E-state index >= 15 is 0 Å². The number of carbonyl (C=O) groups is 1. The minimum atomic E-state index is 0.889. The van der Waals surface area contributed by atoms with Crippen molar-refractivity contribution in [1.82, 2.24) is 4.90 Å². The minimum absolute atomic E-state index is 0.889. The molecule has 1 rings (SSSR count). The van der Waals surface area contributed by atoms with Crippen molar-refractivity contribution in [3.8, 4) is 0 Å². The van der Waals surface area contributed by atoms with Gasteiger partial charge in [0.25, 0.3) is 0 Å². The fraction of sp³-hybridized carbons (Fsp3) is 0.900. The van der Waals surface area contributed by atoms with Crippen LogP contribution in [0.2, 0.25) is 0 Å². The summed E-state index contributed by atoms with van der Waals surface area (Å²) >= 11 is 0. The van der Waals surface area contributed by atoms with Gasteiger partial charge in [0.15, 0.2) is 0 Å². The van der Waals surface area contributed by atoms with Gasteiger partial charge < -0.3 is 9.64 Å². The van der Waals surface area contributed by atoms with E-state index in [1.165, 1.54) is 19.3 Å². The standard InChI is InChI=1S/C6H11NO.C4H10O/c8-6-7-4-2-1-3-5-7;1-3-4-5-2/h6H,1-5H2;3-4H2,1-2H3. The van der Waals surface area contributed by atoms with Gasteiger partial charge in [-0.05, 0) is 25.7 Å². The van der Waals surface area contributed by atoms with Gasteiger partial charge in [-0.25, -0.2) is 0 Å². The second-order valence-electron chi connectivity index (χ2n) is 3.19. The molecule has 0 saturated carbocycles. The maximum absolute atomic E-state index is 10.1. The Hall–Kier alpha value is -0.570. The molecule has 3 nitrogen and oxygen atoms in total. The number of hydrogen-bond donors (Lipinski definition) is 0. The highest BCUT2D eigenvalue weighted by atomic mass is 16.5. The first kappa shape index (κ1) is 12.4. The lowest BCUT2D eigenvalue weighted by molar-refractivity contribution is -0.118. The van der Waals surface area contributed by atoms with Crippen LogP contribution in [-0.2, 0) is 9.53 Å². The molecule has 0 unspecified atom stereocenters. The van der Waals surface area contributed by atoms with Crippen molar-refractivity contribution >= 4 is 6.41 Å². The average molecular weight is 187 g/mol. The molecule has 1 aliphatic heterocycles. The fourth-order valence-electron chi connectivity index (χ4n) is 1.23. The fourth-order valence-corrected chi connectivity index (χ4v) is 1.23. The van der Waals surface area contributed by atoms with E-state index < -0.39 is 0 Å². The van der Waals surface area contributed by atoms with Crippen LogP contribution >= 0.6 is 0 Å². The second-order valence-corrected chi connectivity index (χ2v) is 3.19. The zero-order chi connectivity index (χ0) is 9.94. The molecule has 0 aromatic heterocycles. The molecule has 0 spiro atoms. The Morgan fingerprint density at radius 2 is 1.92 bits per heavy atom. The van der Waals surface area contributed by atoms with Gasteiger partial charge in [0.05, 0.1) is 0 Å². The van der Waals surface area contributed by atoms with E-state index in [-0.39, 0.29) is 0 Å². The largest absolute Gasteiger partial charge is 0.385 e. The molecule has 1 aliphatic rings. The molecule has 0 bridgehead atoms. The van der Waals surface area contributed by atoms with Crippen molar-refractivity contribution in [2.45, 2.75) is 32.6 Å². The van der Waals surface area contributed by atoms with E-state index in [1.54, 1.807) is 7.11 Å². The Balaban J connectivity index is 0.000000252. The zero-order valence-corrected chi connectivity index (χ0v) is 8.79. The van der Waals surface area contributed by atoms with Gasteiger partial charge in [0.1, 0.15) is 0 Å². The summed E-state index contributed by atoms with van der Waals surface area (Å²) in [5.41, 5.74) is 0. The van der Waals surface area contributed by atoms with Gasteiger partial charge in [0.2, 0.25) is 6.41 Å². The van der Waals surface area contributed by atoms with E-state index in [9.17, 15) is 4.79 Å². The van der Waals surface area contributed by atoms with Crippen LogP contribution in [-0.4, -0.2) is 38.1 Å². The number of ether oxygens (including phenoxy) is 1. The highest BCUT2D eigenvalue weighted by molar-refractivity contribution is 5.46. The van der Waals surface area contributed by atoms with E-state index in [0.717, 1.165) is 32.5 Å². The molecule has 1 heterocycles. The van der Waals surface area contributed by atoms with Gasteiger partial charge in [0, 0.05) is 26.8 Å². The predicted octanol–water partition coefficient (Wildman–Crippen LogP) is 1.67. The lowest BCUT2D eigenvalue weighted by atomic mass is 10.1. The van der Waals surface area contributed by atoms with Gasteiger partial charge >= 0.3 is 0 Å². The molecule has 3 heteroatoms. The van der Waals surface area contributed by atoms with Crippen LogP contribution in [0.5, 0.6) is 0 Å². The van der Waals surface area contributed by atoms with Crippen molar-refractivity contribution in [1.29, 1.82) is 0 Å². The second kappa shape index (κ2) is 9.52. The van der Waals surface area contributed by atoms with Gasteiger partial charge in [-0.15, -0.1) is 0 Å². The number of hydrogen-bond acceptors (Lipinski definition) is 2. The number of carbonyl (C=O) groups excluding carboxylic acids is 1. The van der Waals surface area contributed by atoms with Crippen molar-refractivity contribution in [2.24, 2.45) is 0 Å². The topological polar surface area (TPSA) is 29.5 Å². The average Bonchev–Trinajstić information content (AvgIpc) is 2.21. The minimum Gasteiger partial charge on any atom is -0.385 e. The normalized spacial score (nSPS) is 16.0. The molecule has 13 heavy (non-hydrogen) atoms. The van der Waals surface area contributed by atoms with Crippen molar-refractivity contribution < 1.29 is 9.53 Å². The molecule has 1 amide bonds. The summed E-state index contributed by atoms with van der Waals surface area (Å²) < 4.78 is 4.69. The lowest BCUT2D eigenvalue weighted by Gasteiger charge is -2.21. The van der Waals surface area contributed by atoms with Crippen LogP contribution in [0.1, 0.15) is 32.6 Å². The Bertz CT molecular complexity index is 109. The molecule has 0 aromatic carbocycles. The molecule has 0 N–H and O–H groups in total. The van der Waals surface area contributed by atoms with Gasteiger partial charge in [-0.2, -0.15) is 0 Å². The Kier molecular flexibility index (Phi) is 9.10. The molecule has 0 aromatic rings. The maximum Gasteiger partial charge on any atom is 0.209 e. The first-order valence-electron chi connectivity index (χ1n) is 5.03. The molecule has 0 radical (unpaired) electrons. The molecular weight excluding hydrogens is 166 g/mol. The molecule has 0 aliphatic carbocycles. The van der Waals surface area contributed by atoms with Gasteiger partial charge in [-0.3, -0.25) is 4.79 Å². The Morgan fingerprint density at radius 1 is 1.31 bits per heavy atom. The van der Waals surface area contributed by atoms with Crippen LogP contribution in [0.4, 0.5) is 0 Å². The summed E-state index contributed by atoms with van der Waals surface area (Å²) in [7, 11) is 1.71. The maximum atomic E-state index is 10.1. The number of amides is 1. The van der Waals surface area contributed by atoms with Crippen LogP contribution in [0.15, 0.2) is 0 Å². The third-order valence-electron chi connectivity index (χ3n) is 1.95. The predicted molar refractivity (Wildman–Crippen MR) is 53.7 cm³/mol. The molecular formula is C10H21NO2. The summed E-state index contributed by atoms with van der Waals surface area (Å²) in [5.74, 6) is 0. The number of rotatable bonds is 3. The van der Waals surface area contributed by atoms with Crippen LogP contribution < -0.4 is 0 Å². The molecule has 1 saturated heterocycles. The SMILES string of the molecule is CCCOC.O=CN1CCCCC1. The summed E-state index contributed by atoms with van der Waals surface area (Å²) in [6.07, 6.45) is 5.75. The lowest BCUT2D eigenvalue weighted by Crippen LogP contribution is -2.27. The third kappa shape index (κ3) is 7.78. The van der Waals surface area contributed by atoms with E-state index in [1.807, 2.05) is 4.90 Å². The highest BCUT2D eigenvalue weighted by Crippen LogP contribution is 2.05. The van der Waals surface area contributed by atoms with Crippen molar-refractivity contribution in [2.75, 3.05) is 26.8 Å². The number of piperidine rings is 1. The van der Waals surface area contributed by atoms with Crippen LogP contribution in [0.3, 0.4) is 0 Å². The van der Waals surface area contributed by atoms with Gasteiger partial charge in [-0.1, -0.05) is 6.92 Å². The van der Waals surface area contributed by atoms with Crippen molar-refractivity contribution in [3.63, 3.8) is 0 Å². The number of methoxy groups -OCH3 is 1. The molecule has 1 fully saturated rings. The highest BCUT2D eigenvalue weighted by Gasteiger charge is 2.05. The van der Waals surface area contributed by atoms with Crippen LogP contribution in [0.25, 0.3) is 0 Å². The van der Waals surface area contributed by atoms with Crippen LogP contribution in [0, 0.1) is 0 Å². The third-order valence-corrected chi connectivity index (χ3v) is 1.95. The number of likely N-dealkylation sites (tertiary alicyclic amines) is 1.